The second-order valence-corrected chi connectivity index (χ2v) is 4.82. The molecular weight excluding hydrogens is 231 g/mol. The third-order valence-electron chi connectivity index (χ3n) is 2.90. The van der Waals surface area contributed by atoms with E-state index in [0.29, 0.717) is 15.8 Å². The molecule has 0 aliphatic heterocycles. The van der Waals surface area contributed by atoms with Crippen LogP contribution in [-0.4, -0.2) is 5.78 Å². The third kappa shape index (κ3) is 2.53. The van der Waals surface area contributed by atoms with Crippen molar-refractivity contribution in [3.05, 3.63) is 33.8 Å². The first kappa shape index (κ1) is 11.0. The average molecular weight is 243 g/mol. The number of Topliss-reactive ketones (excluding diaryl/α,β-unsaturated/α-hetero) is 1. The number of ketones is 1. The van der Waals surface area contributed by atoms with Crippen molar-refractivity contribution in [1.29, 1.82) is 0 Å². The predicted molar refractivity (Wildman–Crippen MR) is 62.5 cm³/mol. The molecule has 2 rings (SSSR count). The number of rotatable bonds is 2. The molecule has 1 aliphatic rings. The molecule has 0 aromatic heterocycles. The number of carbonyl (C=O) groups excluding carboxylic acids is 1. The Kier molecular flexibility index (Phi) is 3.32. The maximum absolute atomic E-state index is 11.5. The summed E-state index contributed by atoms with van der Waals surface area (Å²) in [4.78, 5) is 11.5. The fraction of sp³-hybridized carbons (Fsp3) is 0.417. The molecule has 1 nitrogen and oxygen atoms in total. The van der Waals surface area contributed by atoms with Gasteiger partial charge in [0.25, 0.3) is 0 Å². The van der Waals surface area contributed by atoms with Gasteiger partial charge < -0.3 is 0 Å². The molecule has 1 unspecified atom stereocenters. The first-order valence-electron chi connectivity index (χ1n) is 5.13. The van der Waals surface area contributed by atoms with Gasteiger partial charge in [0.1, 0.15) is 5.78 Å². The van der Waals surface area contributed by atoms with Gasteiger partial charge in [-0.25, -0.2) is 0 Å². The lowest BCUT2D eigenvalue weighted by molar-refractivity contribution is -0.120. The molecule has 1 aliphatic carbocycles. The molecule has 0 saturated heterocycles. The first-order valence-corrected chi connectivity index (χ1v) is 5.89. The van der Waals surface area contributed by atoms with Gasteiger partial charge in [-0.1, -0.05) is 29.3 Å². The molecule has 15 heavy (non-hydrogen) atoms. The second kappa shape index (κ2) is 4.54. The highest BCUT2D eigenvalue weighted by Gasteiger charge is 2.24. The summed E-state index contributed by atoms with van der Waals surface area (Å²) in [6.45, 7) is 0. The van der Waals surface area contributed by atoms with Crippen LogP contribution in [0.5, 0.6) is 0 Å². The number of hydrogen-bond acceptors (Lipinski definition) is 1. The molecule has 0 N–H and O–H groups in total. The summed E-state index contributed by atoms with van der Waals surface area (Å²) in [6, 6.07) is 5.59. The van der Waals surface area contributed by atoms with Gasteiger partial charge in [-0.05, 0) is 37.0 Å². The van der Waals surface area contributed by atoms with E-state index in [-0.39, 0.29) is 5.92 Å². The van der Waals surface area contributed by atoms with Crippen molar-refractivity contribution in [2.24, 2.45) is 5.92 Å². The minimum atomic E-state index is 0.197. The molecule has 0 bridgehead atoms. The maximum Gasteiger partial charge on any atom is 0.136 e. The predicted octanol–water partition coefficient (Wildman–Crippen LogP) is 3.91. The molecule has 1 aromatic rings. The van der Waals surface area contributed by atoms with Crippen molar-refractivity contribution in [2.45, 2.75) is 25.7 Å². The highest BCUT2D eigenvalue weighted by Crippen LogP contribution is 2.28. The third-order valence-corrected chi connectivity index (χ3v) is 3.64. The van der Waals surface area contributed by atoms with E-state index in [0.717, 1.165) is 31.2 Å². The number of halogens is 2. The van der Waals surface area contributed by atoms with E-state index in [4.69, 9.17) is 23.2 Å². The van der Waals surface area contributed by atoms with Gasteiger partial charge in [0, 0.05) is 12.3 Å². The molecule has 80 valence electrons. The van der Waals surface area contributed by atoms with Gasteiger partial charge in [-0.2, -0.15) is 0 Å². The van der Waals surface area contributed by atoms with Crippen molar-refractivity contribution in [3.8, 4) is 0 Å². The number of benzene rings is 1. The Morgan fingerprint density at radius 3 is 2.67 bits per heavy atom. The Hall–Kier alpha value is -0.530. The van der Waals surface area contributed by atoms with E-state index in [1.54, 1.807) is 6.07 Å². The van der Waals surface area contributed by atoms with E-state index in [1.165, 1.54) is 0 Å². The van der Waals surface area contributed by atoms with Crippen molar-refractivity contribution >= 4 is 29.0 Å². The van der Waals surface area contributed by atoms with E-state index in [1.807, 2.05) is 12.1 Å². The summed E-state index contributed by atoms with van der Waals surface area (Å²) >= 11 is 11.7. The molecule has 3 heteroatoms. The van der Waals surface area contributed by atoms with Gasteiger partial charge in [0.15, 0.2) is 0 Å². The lowest BCUT2D eigenvalue weighted by Crippen LogP contribution is -2.09. The van der Waals surface area contributed by atoms with Gasteiger partial charge in [-0.15, -0.1) is 0 Å². The Labute approximate surface area is 99.4 Å². The Balaban J connectivity index is 2.10. The Morgan fingerprint density at radius 1 is 1.27 bits per heavy atom. The van der Waals surface area contributed by atoms with Gasteiger partial charge >= 0.3 is 0 Å². The van der Waals surface area contributed by atoms with Gasteiger partial charge in [-0.3, -0.25) is 4.79 Å². The maximum atomic E-state index is 11.5. The standard InChI is InChI=1S/C12H12Cl2O/c13-10-5-4-8(7-11(10)14)6-9-2-1-3-12(9)15/h4-5,7,9H,1-3,6H2. The Morgan fingerprint density at radius 2 is 2.07 bits per heavy atom. The van der Waals surface area contributed by atoms with E-state index >= 15 is 0 Å². The van der Waals surface area contributed by atoms with Crippen LogP contribution in [0.2, 0.25) is 10.0 Å². The Bertz CT molecular complexity index is 387. The smallest absolute Gasteiger partial charge is 0.136 e. The van der Waals surface area contributed by atoms with Crippen molar-refractivity contribution in [2.75, 3.05) is 0 Å². The zero-order valence-electron chi connectivity index (χ0n) is 8.30. The van der Waals surface area contributed by atoms with Crippen LogP contribution in [0.3, 0.4) is 0 Å². The lowest BCUT2D eigenvalue weighted by atomic mass is 9.97. The minimum absolute atomic E-state index is 0.197. The largest absolute Gasteiger partial charge is 0.299 e. The van der Waals surface area contributed by atoms with Crippen LogP contribution < -0.4 is 0 Å². The topological polar surface area (TPSA) is 17.1 Å². The van der Waals surface area contributed by atoms with Gasteiger partial charge in [0.05, 0.1) is 10.0 Å². The second-order valence-electron chi connectivity index (χ2n) is 4.01. The molecule has 1 atom stereocenters. The van der Waals surface area contributed by atoms with Crippen LogP contribution in [0.15, 0.2) is 18.2 Å². The van der Waals surface area contributed by atoms with Crippen LogP contribution in [-0.2, 0) is 11.2 Å². The highest BCUT2D eigenvalue weighted by atomic mass is 35.5. The molecular formula is C12H12Cl2O. The summed E-state index contributed by atoms with van der Waals surface area (Å²) in [6.07, 6.45) is 3.59. The summed E-state index contributed by atoms with van der Waals surface area (Å²) in [5, 5.41) is 1.14. The van der Waals surface area contributed by atoms with Crippen molar-refractivity contribution in [1.82, 2.24) is 0 Å². The molecule has 0 spiro atoms. The fourth-order valence-corrected chi connectivity index (χ4v) is 2.38. The minimum Gasteiger partial charge on any atom is -0.299 e. The summed E-state index contributed by atoms with van der Waals surface area (Å²) in [7, 11) is 0. The zero-order valence-corrected chi connectivity index (χ0v) is 9.81. The molecule has 1 aromatic carbocycles. The highest BCUT2D eigenvalue weighted by molar-refractivity contribution is 6.42. The van der Waals surface area contributed by atoms with E-state index in [9.17, 15) is 4.79 Å². The molecule has 0 amide bonds. The molecule has 0 radical (unpaired) electrons. The first-order chi connectivity index (χ1) is 7.16. The van der Waals surface area contributed by atoms with Crippen LogP contribution in [0, 0.1) is 5.92 Å². The fourth-order valence-electron chi connectivity index (χ4n) is 2.05. The van der Waals surface area contributed by atoms with Crippen LogP contribution >= 0.6 is 23.2 Å². The lowest BCUT2D eigenvalue weighted by Gasteiger charge is -2.08. The summed E-state index contributed by atoms with van der Waals surface area (Å²) in [5.41, 5.74) is 1.10. The molecule has 1 fully saturated rings. The van der Waals surface area contributed by atoms with Crippen LogP contribution in [0.4, 0.5) is 0 Å². The average Bonchev–Trinajstić information content (AvgIpc) is 2.59. The van der Waals surface area contributed by atoms with Crippen LogP contribution in [0.1, 0.15) is 24.8 Å². The summed E-state index contributed by atoms with van der Waals surface area (Å²) in [5.74, 6) is 0.586. The van der Waals surface area contributed by atoms with Gasteiger partial charge in [0.2, 0.25) is 0 Å². The van der Waals surface area contributed by atoms with E-state index in [2.05, 4.69) is 0 Å². The molecule has 1 saturated carbocycles. The number of carbonyl (C=O) groups is 1. The quantitative estimate of drug-likeness (QED) is 0.769. The van der Waals surface area contributed by atoms with Crippen molar-refractivity contribution in [3.63, 3.8) is 0 Å². The normalized spacial score (nSPS) is 20.9. The van der Waals surface area contributed by atoms with E-state index < -0.39 is 0 Å². The van der Waals surface area contributed by atoms with Crippen molar-refractivity contribution < 1.29 is 4.79 Å². The van der Waals surface area contributed by atoms with Crippen LogP contribution in [0.25, 0.3) is 0 Å². The zero-order chi connectivity index (χ0) is 10.8. The monoisotopic (exact) mass is 242 g/mol. The number of hydrogen-bond donors (Lipinski definition) is 0. The SMILES string of the molecule is O=C1CCCC1Cc1ccc(Cl)c(Cl)c1. The molecule has 0 heterocycles. The summed E-state index contributed by atoms with van der Waals surface area (Å²) < 4.78 is 0.